The summed E-state index contributed by atoms with van der Waals surface area (Å²) in [7, 11) is -3.78. The summed E-state index contributed by atoms with van der Waals surface area (Å²) in [6.07, 6.45) is 2.91. The molecule has 4 rings (SSSR count). The third kappa shape index (κ3) is 2.87. The fraction of sp³-hybridized carbons (Fsp3) is 0.294. The van der Waals surface area contributed by atoms with Crippen LogP contribution in [-0.2, 0) is 16.4 Å². The third-order valence-corrected chi connectivity index (χ3v) is 5.67. The molecule has 1 saturated carbocycles. The number of nitrogens with zero attached hydrogens (tertiary/aromatic N) is 1. The number of nitrogens with one attached hydrogen (secondary N) is 2. The van der Waals surface area contributed by atoms with Crippen LogP contribution >= 0.6 is 0 Å². The van der Waals surface area contributed by atoms with Gasteiger partial charge in [-0.05, 0) is 49.1 Å². The summed E-state index contributed by atoms with van der Waals surface area (Å²) in [6, 6.07) is 10.0. The minimum Gasteiger partial charge on any atom is -0.352 e. The molecule has 7 heteroatoms. The molecule has 1 aromatic carbocycles. The zero-order valence-corrected chi connectivity index (χ0v) is 13.8. The number of hydrogen-bond acceptors (Lipinski definition) is 4. The van der Waals surface area contributed by atoms with E-state index in [4.69, 9.17) is 0 Å². The van der Waals surface area contributed by atoms with Crippen molar-refractivity contribution in [2.45, 2.75) is 30.1 Å². The second kappa shape index (κ2) is 5.59. The van der Waals surface area contributed by atoms with Gasteiger partial charge in [0.05, 0.1) is 4.90 Å². The van der Waals surface area contributed by atoms with Gasteiger partial charge in [0.25, 0.3) is 15.9 Å². The molecule has 2 heterocycles. The summed E-state index contributed by atoms with van der Waals surface area (Å²) in [5, 5.41) is 2.73. The molecule has 0 saturated heterocycles. The molecule has 1 amide bonds. The molecule has 1 fully saturated rings. The van der Waals surface area contributed by atoms with Gasteiger partial charge < -0.3 is 5.32 Å². The first-order valence-electron chi connectivity index (χ1n) is 7.94. The number of hydrogen-bond donors (Lipinski definition) is 2. The number of fused-ring (bicyclic) bond motifs is 1. The largest absolute Gasteiger partial charge is 0.352 e. The van der Waals surface area contributed by atoms with Gasteiger partial charge in [-0.1, -0.05) is 12.1 Å². The summed E-state index contributed by atoms with van der Waals surface area (Å²) in [6.45, 7) is 0.577. The van der Waals surface area contributed by atoms with Crippen LogP contribution in [0.2, 0.25) is 0 Å². The van der Waals surface area contributed by atoms with E-state index >= 15 is 0 Å². The van der Waals surface area contributed by atoms with Crippen molar-refractivity contribution in [1.29, 1.82) is 0 Å². The highest BCUT2D eigenvalue weighted by Gasteiger charge is 2.26. The molecule has 1 aliphatic heterocycles. The number of carbonyl (C=O) groups excluding carboxylic acids is 1. The van der Waals surface area contributed by atoms with Crippen LogP contribution in [-0.4, -0.2) is 25.9 Å². The number of aromatic nitrogens is 1. The summed E-state index contributed by atoms with van der Waals surface area (Å²) in [5.41, 5.74) is 2.20. The maximum atomic E-state index is 12.6. The normalized spacial score (nSPS) is 17.1. The molecule has 0 unspecified atom stereocenters. The van der Waals surface area contributed by atoms with E-state index < -0.39 is 10.0 Å². The maximum Gasteiger partial charge on any atom is 0.263 e. The Morgan fingerprint density at radius 2 is 2.00 bits per heavy atom. The Morgan fingerprint density at radius 1 is 1.17 bits per heavy atom. The molecule has 124 valence electrons. The lowest BCUT2D eigenvalue weighted by atomic mass is 10.0. The standard InChI is InChI=1S/C17H17N3O3S/c21-17-14-10-13(7-6-11(14)8-9-18-17)24(22,23)20-16-3-1-2-15(19-16)12-4-5-12/h1-3,6-7,10,12H,4-5,8-9H2,(H,18,21)(H,19,20). The van der Waals surface area contributed by atoms with Crippen molar-refractivity contribution < 1.29 is 13.2 Å². The Labute approximate surface area is 140 Å². The number of anilines is 1. The molecule has 24 heavy (non-hydrogen) atoms. The van der Waals surface area contributed by atoms with Gasteiger partial charge in [-0.3, -0.25) is 9.52 Å². The van der Waals surface area contributed by atoms with Gasteiger partial charge in [0.1, 0.15) is 5.82 Å². The molecule has 1 aromatic heterocycles. The minimum absolute atomic E-state index is 0.0666. The van der Waals surface area contributed by atoms with Crippen LogP contribution in [0.5, 0.6) is 0 Å². The van der Waals surface area contributed by atoms with Gasteiger partial charge in [0.2, 0.25) is 0 Å². The number of amides is 1. The van der Waals surface area contributed by atoms with Crippen molar-refractivity contribution in [2.24, 2.45) is 0 Å². The number of rotatable bonds is 4. The van der Waals surface area contributed by atoms with Crippen LogP contribution in [0, 0.1) is 0 Å². The van der Waals surface area contributed by atoms with Crippen molar-refractivity contribution in [3.63, 3.8) is 0 Å². The summed E-state index contributed by atoms with van der Waals surface area (Å²) in [5.74, 6) is 0.519. The van der Waals surface area contributed by atoms with Gasteiger partial charge in [-0.15, -0.1) is 0 Å². The number of pyridine rings is 1. The second-order valence-corrected chi connectivity index (χ2v) is 7.83. The summed E-state index contributed by atoms with van der Waals surface area (Å²) < 4.78 is 27.7. The number of carbonyl (C=O) groups is 1. The summed E-state index contributed by atoms with van der Waals surface area (Å²) >= 11 is 0. The van der Waals surface area contributed by atoms with Crippen LogP contribution in [0.1, 0.15) is 40.4 Å². The third-order valence-electron chi connectivity index (χ3n) is 4.32. The highest BCUT2D eigenvalue weighted by atomic mass is 32.2. The van der Waals surface area contributed by atoms with Gasteiger partial charge >= 0.3 is 0 Å². The lowest BCUT2D eigenvalue weighted by molar-refractivity contribution is 0.0945. The highest BCUT2D eigenvalue weighted by Crippen LogP contribution is 2.39. The van der Waals surface area contributed by atoms with E-state index in [-0.39, 0.29) is 10.8 Å². The Kier molecular flexibility index (Phi) is 3.53. The lowest BCUT2D eigenvalue weighted by Gasteiger charge is -2.17. The molecule has 0 radical (unpaired) electrons. The first-order valence-corrected chi connectivity index (χ1v) is 9.42. The van der Waals surface area contributed by atoms with Gasteiger partial charge in [0, 0.05) is 23.7 Å². The average molecular weight is 343 g/mol. The van der Waals surface area contributed by atoms with Crippen molar-refractivity contribution in [1.82, 2.24) is 10.3 Å². The zero-order chi connectivity index (χ0) is 16.7. The van der Waals surface area contributed by atoms with Crippen molar-refractivity contribution >= 4 is 21.7 Å². The SMILES string of the molecule is O=C1NCCc2ccc(S(=O)(=O)Nc3cccc(C4CC4)n3)cc21. The molecule has 0 spiro atoms. The van der Waals surface area contributed by atoms with E-state index in [0.717, 1.165) is 24.1 Å². The molecule has 0 bridgehead atoms. The topological polar surface area (TPSA) is 88.2 Å². The first-order chi connectivity index (χ1) is 11.5. The number of benzene rings is 1. The Morgan fingerprint density at radius 3 is 2.79 bits per heavy atom. The van der Waals surface area contributed by atoms with E-state index in [1.54, 1.807) is 18.2 Å². The smallest absolute Gasteiger partial charge is 0.263 e. The van der Waals surface area contributed by atoms with Crippen molar-refractivity contribution in [3.05, 3.63) is 53.2 Å². The second-order valence-electron chi connectivity index (χ2n) is 6.15. The van der Waals surface area contributed by atoms with E-state index in [1.807, 2.05) is 6.07 Å². The van der Waals surface area contributed by atoms with Crippen LogP contribution in [0.4, 0.5) is 5.82 Å². The molecule has 0 atom stereocenters. The Hall–Kier alpha value is -2.41. The predicted molar refractivity (Wildman–Crippen MR) is 89.5 cm³/mol. The molecule has 2 aromatic rings. The zero-order valence-electron chi connectivity index (χ0n) is 13.0. The molecular formula is C17H17N3O3S. The van der Waals surface area contributed by atoms with Crippen molar-refractivity contribution in [3.8, 4) is 0 Å². The monoisotopic (exact) mass is 343 g/mol. The van der Waals surface area contributed by atoms with Crippen LogP contribution < -0.4 is 10.0 Å². The van der Waals surface area contributed by atoms with Crippen LogP contribution in [0.25, 0.3) is 0 Å². The highest BCUT2D eigenvalue weighted by molar-refractivity contribution is 7.92. The first kappa shape index (κ1) is 15.1. The molecule has 1 aliphatic carbocycles. The van der Waals surface area contributed by atoms with E-state index in [9.17, 15) is 13.2 Å². The Bertz CT molecular complexity index is 920. The minimum atomic E-state index is -3.78. The van der Waals surface area contributed by atoms with E-state index in [0.29, 0.717) is 30.3 Å². The molecular weight excluding hydrogens is 326 g/mol. The van der Waals surface area contributed by atoms with E-state index in [1.165, 1.54) is 12.1 Å². The van der Waals surface area contributed by atoms with Crippen LogP contribution in [0.15, 0.2) is 41.3 Å². The fourth-order valence-electron chi connectivity index (χ4n) is 2.87. The van der Waals surface area contributed by atoms with Gasteiger partial charge in [0.15, 0.2) is 0 Å². The predicted octanol–water partition coefficient (Wildman–Crippen LogP) is 2.05. The lowest BCUT2D eigenvalue weighted by Crippen LogP contribution is -2.32. The fourth-order valence-corrected chi connectivity index (χ4v) is 3.90. The van der Waals surface area contributed by atoms with Crippen LogP contribution in [0.3, 0.4) is 0 Å². The summed E-state index contributed by atoms with van der Waals surface area (Å²) in [4.78, 5) is 16.4. The quantitative estimate of drug-likeness (QED) is 0.889. The molecule has 6 nitrogen and oxygen atoms in total. The molecule has 2 N–H and O–H groups in total. The van der Waals surface area contributed by atoms with Gasteiger partial charge in [-0.2, -0.15) is 0 Å². The average Bonchev–Trinajstić information content (AvgIpc) is 3.40. The number of sulfonamides is 1. The van der Waals surface area contributed by atoms with Crippen molar-refractivity contribution in [2.75, 3.05) is 11.3 Å². The molecule has 2 aliphatic rings. The maximum absolute atomic E-state index is 12.6. The Balaban J connectivity index is 1.64. The van der Waals surface area contributed by atoms with E-state index in [2.05, 4.69) is 15.0 Å². The van der Waals surface area contributed by atoms with Gasteiger partial charge in [-0.25, -0.2) is 13.4 Å².